The van der Waals surface area contributed by atoms with Crippen LogP contribution in [0.5, 0.6) is 0 Å². The molecule has 4 rings (SSSR count). The zero-order valence-corrected chi connectivity index (χ0v) is 14.5. The van der Waals surface area contributed by atoms with Crippen LogP contribution in [-0.4, -0.2) is 0 Å². The van der Waals surface area contributed by atoms with Gasteiger partial charge in [-0.05, 0) is 12.1 Å². The number of rotatable bonds is 1. The van der Waals surface area contributed by atoms with Gasteiger partial charge in [0.1, 0.15) is 23.4 Å². The Labute approximate surface area is 163 Å². The van der Waals surface area contributed by atoms with Crippen LogP contribution in [0.3, 0.4) is 0 Å². The second-order valence-electron chi connectivity index (χ2n) is 6.16. The van der Waals surface area contributed by atoms with E-state index in [-0.39, 0.29) is 28.6 Å². The molecule has 3 nitrogen and oxygen atoms in total. The lowest BCUT2D eigenvalue weighted by Gasteiger charge is -2.35. The number of nitrogens with zero attached hydrogens (tertiary/aromatic N) is 3. The number of para-hydroxylation sites is 2. The smallest absolute Gasteiger partial charge is 0.186 e. The van der Waals surface area contributed by atoms with Crippen molar-refractivity contribution < 1.29 is 17.6 Å². The first-order valence-corrected chi connectivity index (χ1v) is 8.36. The van der Waals surface area contributed by atoms with Crippen LogP contribution in [0.25, 0.3) is 5.57 Å². The van der Waals surface area contributed by atoms with E-state index in [1.165, 1.54) is 12.1 Å². The SMILES string of the molecule is N#CC(C#N)=C1c2ccccc2N(c2c(F)c(F)cc(F)c2F)c2ccccc21. The Bertz CT molecular complexity index is 1190. The summed E-state index contributed by atoms with van der Waals surface area (Å²) >= 11 is 0. The molecule has 0 amide bonds. The number of hydrogen-bond donors (Lipinski definition) is 0. The maximum absolute atomic E-state index is 14.7. The van der Waals surface area contributed by atoms with E-state index in [9.17, 15) is 28.1 Å². The van der Waals surface area contributed by atoms with Crippen molar-refractivity contribution >= 4 is 22.6 Å². The molecule has 140 valence electrons. The van der Waals surface area contributed by atoms with Crippen molar-refractivity contribution in [1.82, 2.24) is 0 Å². The standard InChI is InChI=1S/C22H9F4N3/c23-15-9-16(24)21(26)22(20(15)25)29-17-7-3-1-5-13(17)19(12(10-27)11-28)14-6-2-4-8-18(14)29/h1-9H. The van der Waals surface area contributed by atoms with Gasteiger partial charge in [-0.15, -0.1) is 0 Å². The van der Waals surface area contributed by atoms with Crippen molar-refractivity contribution in [3.63, 3.8) is 0 Å². The summed E-state index contributed by atoms with van der Waals surface area (Å²) in [6.07, 6.45) is 0. The van der Waals surface area contributed by atoms with Crippen LogP contribution in [0.15, 0.2) is 60.2 Å². The topological polar surface area (TPSA) is 50.8 Å². The third-order valence-electron chi connectivity index (χ3n) is 4.61. The molecular weight excluding hydrogens is 382 g/mol. The van der Waals surface area contributed by atoms with E-state index >= 15 is 0 Å². The molecule has 0 bridgehead atoms. The van der Waals surface area contributed by atoms with Crippen molar-refractivity contribution in [2.75, 3.05) is 4.90 Å². The van der Waals surface area contributed by atoms with Gasteiger partial charge in [0, 0.05) is 22.8 Å². The molecule has 0 aromatic heterocycles. The summed E-state index contributed by atoms with van der Waals surface area (Å²) in [5.41, 5.74) is 0.155. The normalized spacial score (nSPS) is 11.9. The fourth-order valence-corrected chi connectivity index (χ4v) is 3.44. The summed E-state index contributed by atoms with van der Waals surface area (Å²) in [5.74, 6) is -6.18. The molecule has 0 spiro atoms. The molecule has 29 heavy (non-hydrogen) atoms. The number of nitriles is 2. The summed E-state index contributed by atoms with van der Waals surface area (Å²) in [5, 5.41) is 18.8. The molecule has 3 aromatic rings. The van der Waals surface area contributed by atoms with Crippen LogP contribution in [0.1, 0.15) is 11.1 Å². The highest BCUT2D eigenvalue weighted by Gasteiger charge is 2.34. The third-order valence-corrected chi connectivity index (χ3v) is 4.61. The molecular formula is C22H9F4N3. The second kappa shape index (κ2) is 6.81. The van der Waals surface area contributed by atoms with E-state index in [4.69, 9.17) is 0 Å². The molecule has 7 heteroatoms. The number of anilines is 3. The quantitative estimate of drug-likeness (QED) is 0.231. The van der Waals surface area contributed by atoms with Gasteiger partial charge in [-0.1, -0.05) is 36.4 Å². The molecule has 0 unspecified atom stereocenters. The average Bonchev–Trinajstić information content (AvgIpc) is 2.74. The summed E-state index contributed by atoms with van der Waals surface area (Å²) in [4.78, 5) is 1.05. The molecule has 1 aliphatic rings. The summed E-state index contributed by atoms with van der Waals surface area (Å²) in [7, 11) is 0. The fourth-order valence-electron chi connectivity index (χ4n) is 3.44. The van der Waals surface area contributed by atoms with Crippen LogP contribution >= 0.6 is 0 Å². The van der Waals surface area contributed by atoms with Crippen LogP contribution in [0, 0.1) is 45.9 Å². The highest BCUT2D eigenvalue weighted by atomic mass is 19.2. The van der Waals surface area contributed by atoms with Gasteiger partial charge in [-0.2, -0.15) is 10.5 Å². The molecule has 0 N–H and O–H groups in total. The third kappa shape index (κ3) is 2.64. The Morgan fingerprint density at radius 2 is 1.17 bits per heavy atom. The summed E-state index contributed by atoms with van der Waals surface area (Å²) in [6, 6.07) is 16.3. The van der Waals surface area contributed by atoms with E-state index < -0.39 is 29.0 Å². The Morgan fingerprint density at radius 3 is 1.62 bits per heavy atom. The first-order valence-electron chi connectivity index (χ1n) is 8.36. The van der Waals surface area contributed by atoms with Crippen LogP contribution in [0.4, 0.5) is 34.6 Å². The zero-order valence-electron chi connectivity index (χ0n) is 14.5. The molecule has 0 atom stereocenters. The summed E-state index contributed by atoms with van der Waals surface area (Å²) < 4.78 is 57.2. The molecule has 0 aliphatic carbocycles. The van der Waals surface area contributed by atoms with Gasteiger partial charge in [0.25, 0.3) is 0 Å². The minimum Gasteiger partial charge on any atom is -0.304 e. The zero-order chi connectivity index (χ0) is 20.7. The van der Waals surface area contributed by atoms with Gasteiger partial charge < -0.3 is 4.90 Å². The van der Waals surface area contributed by atoms with E-state index in [1.807, 2.05) is 12.1 Å². The van der Waals surface area contributed by atoms with Gasteiger partial charge in [0.2, 0.25) is 0 Å². The number of halogens is 4. The number of allylic oxidation sites excluding steroid dienone is 1. The number of hydrogen-bond acceptors (Lipinski definition) is 3. The molecule has 0 saturated heterocycles. The van der Waals surface area contributed by atoms with Gasteiger partial charge in [-0.25, -0.2) is 17.6 Å². The van der Waals surface area contributed by atoms with Crippen molar-refractivity contribution in [2.45, 2.75) is 0 Å². The van der Waals surface area contributed by atoms with Crippen molar-refractivity contribution in [2.24, 2.45) is 0 Å². The summed E-state index contributed by atoms with van der Waals surface area (Å²) in [6.45, 7) is 0. The Kier molecular flexibility index (Phi) is 4.29. The first-order chi connectivity index (χ1) is 14.0. The predicted octanol–water partition coefficient (Wildman–Crippen LogP) is 5.88. The van der Waals surface area contributed by atoms with Crippen molar-refractivity contribution in [3.05, 3.63) is 94.6 Å². The van der Waals surface area contributed by atoms with Gasteiger partial charge in [0.15, 0.2) is 23.3 Å². The number of benzene rings is 3. The van der Waals surface area contributed by atoms with Gasteiger partial charge in [0.05, 0.1) is 11.4 Å². The molecule has 0 radical (unpaired) electrons. The Morgan fingerprint density at radius 1 is 0.724 bits per heavy atom. The Balaban J connectivity index is 2.17. The minimum absolute atomic E-state index is 0.144. The highest BCUT2D eigenvalue weighted by molar-refractivity contribution is 6.03. The molecule has 3 aromatic carbocycles. The monoisotopic (exact) mass is 391 g/mol. The molecule has 0 saturated carbocycles. The molecule has 1 aliphatic heterocycles. The maximum atomic E-state index is 14.7. The van der Waals surface area contributed by atoms with Crippen LogP contribution in [-0.2, 0) is 0 Å². The lowest BCUT2D eigenvalue weighted by atomic mass is 9.87. The van der Waals surface area contributed by atoms with E-state index in [2.05, 4.69) is 0 Å². The van der Waals surface area contributed by atoms with Crippen molar-refractivity contribution in [3.8, 4) is 12.1 Å². The van der Waals surface area contributed by atoms with E-state index in [1.54, 1.807) is 36.4 Å². The fraction of sp³-hybridized carbons (Fsp3) is 0. The lowest BCUT2D eigenvalue weighted by Crippen LogP contribution is -2.21. The van der Waals surface area contributed by atoms with Crippen LogP contribution < -0.4 is 4.90 Å². The molecule has 1 heterocycles. The lowest BCUT2D eigenvalue weighted by molar-refractivity contribution is 0.457. The first kappa shape index (κ1) is 18.3. The minimum atomic E-state index is -1.55. The van der Waals surface area contributed by atoms with E-state index in [0.29, 0.717) is 11.1 Å². The van der Waals surface area contributed by atoms with Gasteiger partial charge in [-0.3, -0.25) is 0 Å². The van der Waals surface area contributed by atoms with Crippen LogP contribution in [0.2, 0.25) is 0 Å². The van der Waals surface area contributed by atoms with E-state index in [0.717, 1.165) is 4.90 Å². The largest absolute Gasteiger partial charge is 0.304 e. The Hall–Kier alpha value is -4.10. The van der Waals surface area contributed by atoms with Gasteiger partial charge >= 0.3 is 0 Å². The highest BCUT2D eigenvalue weighted by Crippen LogP contribution is 2.50. The second-order valence-corrected chi connectivity index (χ2v) is 6.16. The predicted molar refractivity (Wildman–Crippen MR) is 98.2 cm³/mol. The van der Waals surface area contributed by atoms with Crippen molar-refractivity contribution in [1.29, 1.82) is 10.5 Å². The maximum Gasteiger partial charge on any atom is 0.186 e. The molecule has 0 fully saturated rings. The number of fused-ring (bicyclic) bond motifs is 2. The average molecular weight is 391 g/mol.